The van der Waals surface area contributed by atoms with Crippen LogP contribution in [0.25, 0.3) is 10.6 Å². The average molecular weight is 479 g/mol. The van der Waals surface area contributed by atoms with Crippen molar-refractivity contribution in [1.82, 2.24) is 10.2 Å². The zero-order valence-electron chi connectivity index (χ0n) is 17.6. The SMILES string of the molecule is CC[C@@H](C(=O)Nc1nnc(-c2ccc(Cl)cc2)s1)N(c1ccc(C)c(C)c1)S(C)(=O)=O. The second kappa shape index (κ2) is 9.33. The smallest absolute Gasteiger partial charge is 0.250 e. The molecule has 0 aliphatic rings. The molecule has 1 amide bonds. The van der Waals surface area contributed by atoms with Gasteiger partial charge in [-0.3, -0.25) is 14.4 Å². The predicted molar refractivity (Wildman–Crippen MR) is 126 cm³/mol. The molecule has 1 N–H and O–H groups in total. The van der Waals surface area contributed by atoms with Gasteiger partial charge >= 0.3 is 0 Å². The number of benzene rings is 2. The molecule has 0 saturated heterocycles. The highest BCUT2D eigenvalue weighted by Gasteiger charge is 2.32. The Balaban J connectivity index is 1.87. The third-order valence-electron chi connectivity index (χ3n) is 4.82. The summed E-state index contributed by atoms with van der Waals surface area (Å²) >= 11 is 7.12. The van der Waals surface area contributed by atoms with Crippen LogP contribution in [0.4, 0.5) is 10.8 Å². The van der Waals surface area contributed by atoms with Gasteiger partial charge in [0.25, 0.3) is 0 Å². The lowest BCUT2D eigenvalue weighted by atomic mass is 10.1. The fraction of sp³-hybridized carbons (Fsp3) is 0.286. The monoisotopic (exact) mass is 478 g/mol. The second-order valence-electron chi connectivity index (χ2n) is 7.16. The van der Waals surface area contributed by atoms with Crippen LogP contribution in [0.15, 0.2) is 42.5 Å². The molecule has 0 bridgehead atoms. The van der Waals surface area contributed by atoms with Crippen LogP contribution in [0.1, 0.15) is 24.5 Å². The minimum atomic E-state index is -3.71. The first-order chi connectivity index (χ1) is 14.6. The topological polar surface area (TPSA) is 92.3 Å². The normalized spacial score (nSPS) is 12.4. The lowest BCUT2D eigenvalue weighted by Crippen LogP contribution is -2.47. The van der Waals surface area contributed by atoms with Crippen LogP contribution in [-0.4, -0.2) is 36.8 Å². The van der Waals surface area contributed by atoms with Crippen molar-refractivity contribution >= 4 is 49.7 Å². The zero-order chi connectivity index (χ0) is 22.8. The number of aromatic nitrogens is 2. The largest absolute Gasteiger partial charge is 0.299 e. The molecule has 3 rings (SSSR count). The molecule has 1 aromatic heterocycles. The first-order valence-electron chi connectivity index (χ1n) is 9.57. The lowest BCUT2D eigenvalue weighted by molar-refractivity contribution is -0.117. The Kier molecular flexibility index (Phi) is 6.98. The molecule has 3 aromatic rings. The summed E-state index contributed by atoms with van der Waals surface area (Å²) in [4.78, 5) is 13.1. The molecule has 1 heterocycles. The van der Waals surface area contributed by atoms with Gasteiger partial charge in [-0.2, -0.15) is 0 Å². The lowest BCUT2D eigenvalue weighted by Gasteiger charge is -2.30. The number of hydrogen-bond donors (Lipinski definition) is 1. The summed E-state index contributed by atoms with van der Waals surface area (Å²) in [5.41, 5.74) is 3.26. The van der Waals surface area contributed by atoms with E-state index in [0.29, 0.717) is 20.8 Å². The van der Waals surface area contributed by atoms with E-state index >= 15 is 0 Å². The number of amides is 1. The predicted octanol–water partition coefficient (Wildman–Crippen LogP) is 4.66. The number of hydrogen-bond acceptors (Lipinski definition) is 6. The maximum absolute atomic E-state index is 13.1. The summed E-state index contributed by atoms with van der Waals surface area (Å²) in [6.45, 7) is 5.62. The molecule has 1 atom stereocenters. The summed E-state index contributed by atoms with van der Waals surface area (Å²) < 4.78 is 26.4. The Morgan fingerprint density at radius 2 is 1.81 bits per heavy atom. The van der Waals surface area contributed by atoms with Gasteiger partial charge in [-0.15, -0.1) is 10.2 Å². The zero-order valence-corrected chi connectivity index (χ0v) is 20.0. The van der Waals surface area contributed by atoms with Gasteiger partial charge in [0.1, 0.15) is 11.0 Å². The van der Waals surface area contributed by atoms with Crippen LogP contribution in [-0.2, 0) is 14.8 Å². The van der Waals surface area contributed by atoms with E-state index in [4.69, 9.17) is 11.6 Å². The van der Waals surface area contributed by atoms with E-state index in [1.165, 1.54) is 11.3 Å². The summed E-state index contributed by atoms with van der Waals surface area (Å²) in [5.74, 6) is -0.468. The van der Waals surface area contributed by atoms with Crippen molar-refractivity contribution < 1.29 is 13.2 Å². The van der Waals surface area contributed by atoms with Gasteiger partial charge < -0.3 is 0 Å². The van der Waals surface area contributed by atoms with Crippen LogP contribution in [0.2, 0.25) is 5.02 Å². The van der Waals surface area contributed by atoms with Crippen LogP contribution < -0.4 is 9.62 Å². The molecule has 0 radical (unpaired) electrons. The van der Waals surface area contributed by atoms with E-state index in [0.717, 1.165) is 27.3 Å². The fourth-order valence-electron chi connectivity index (χ4n) is 3.09. The maximum Gasteiger partial charge on any atom is 0.250 e. The highest BCUT2D eigenvalue weighted by Crippen LogP contribution is 2.29. The standard InChI is InChI=1S/C21H23ClN4O3S2/c1-5-18(26(31(4,28)29)17-11-6-13(2)14(3)12-17)19(27)23-21-25-24-20(30-21)15-7-9-16(22)10-8-15/h6-12,18H,5H2,1-4H3,(H,23,25,27)/t18-/m0/s1. The number of rotatable bonds is 7. The molecule has 0 aliphatic heterocycles. The number of sulfonamides is 1. The summed E-state index contributed by atoms with van der Waals surface area (Å²) in [7, 11) is -3.71. The van der Waals surface area contributed by atoms with Crippen LogP contribution in [0, 0.1) is 13.8 Å². The summed E-state index contributed by atoms with van der Waals surface area (Å²) in [6, 6.07) is 11.5. The molecule has 7 nitrogen and oxygen atoms in total. The maximum atomic E-state index is 13.1. The number of nitrogens with zero attached hydrogens (tertiary/aromatic N) is 3. The molecule has 0 unspecified atom stereocenters. The summed E-state index contributed by atoms with van der Waals surface area (Å²) in [5, 5.41) is 12.4. The fourth-order valence-corrected chi connectivity index (χ4v) is 5.18. The number of aryl methyl sites for hydroxylation is 2. The Hall–Kier alpha value is -2.49. The molecule has 0 saturated carbocycles. The van der Waals surface area contributed by atoms with E-state index in [2.05, 4.69) is 15.5 Å². The third kappa shape index (κ3) is 5.41. The molecule has 10 heteroatoms. The van der Waals surface area contributed by atoms with Gasteiger partial charge in [0.05, 0.1) is 11.9 Å². The minimum absolute atomic E-state index is 0.286. The number of halogens is 1. The van der Waals surface area contributed by atoms with Crippen LogP contribution in [0.5, 0.6) is 0 Å². The molecule has 2 aromatic carbocycles. The van der Waals surface area contributed by atoms with Crippen molar-refractivity contribution in [2.45, 2.75) is 33.2 Å². The van der Waals surface area contributed by atoms with Gasteiger partial charge in [0, 0.05) is 10.6 Å². The molecule has 164 valence electrons. The molecule has 0 fully saturated rings. The molecular formula is C21H23ClN4O3S2. The Morgan fingerprint density at radius 1 is 1.13 bits per heavy atom. The average Bonchev–Trinajstić information content (AvgIpc) is 3.16. The van der Waals surface area contributed by atoms with Gasteiger partial charge in [0.2, 0.25) is 21.1 Å². The van der Waals surface area contributed by atoms with Gasteiger partial charge in [0.15, 0.2) is 0 Å². The third-order valence-corrected chi connectivity index (χ3v) is 7.14. The van der Waals surface area contributed by atoms with E-state index in [-0.39, 0.29) is 6.42 Å². The van der Waals surface area contributed by atoms with E-state index in [1.54, 1.807) is 31.2 Å². The molecule has 0 spiro atoms. The Labute approximate surface area is 191 Å². The number of nitrogens with one attached hydrogen (secondary N) is 1. The molecule has 31 heavy (non-hydrogen) atoms. The van der Waals surface area contributed by atoms with Crippen LogP contribution in [0.3, 0.4) is 0 Å². The highest BCUT2D eigenvalue weighted by molar-refractivity contribution is 7.92. The van der Waals surface area contributed by atoms with Gasteiger partial charge in [-0.1, -0.05) is 48.1 Å². The van der Waals surface area contributed by atoms with Crippen molar-refractivity contribution in [2.75, 3.05) is 15.9 Å². The summed E-state index contributed by atoms with van der Waals surface area (Å²) in [6.07, 6.45) is 1.39. The number of anilines is 2. The van der Waals surface area contributed by atoms with Crippen molar-refractivity contribution in [3.63, 3.8) is 0 Å². The molecule has 0 aliphatic carbocycles. The highest BCUT2D eigenvalue weighted by atomic mass is 35.5. The number of carbonyl (C=O) groups is 1. The first-order valence-corrected chi connectivity index (χ1v) is 12.6. The Morgan fingerprint density at radius 3 is 2.39 bits per heavy atom. The quantitative estimate of drug-likeness (QED) is 0.533. The minimum Gasteiger partial charge on any atom is -0.299 e. The van der Waals surface area contributed by atoms with Crippen molar-refractivity contribution in [2.24, 2.45) is 0 Å². The van der Waals surface area contributed by atoms with E-state index in [9.17, 15) is 13.2 Å². The van der Waals surface area contributed by atoms with E-state index < -0.39 is 22.0 Å². The Bertz CT molecular complexity index is 1190. The molecular weight excluding hydrogens is 456 g/mol. The van der Waals surface area contributed by atoms with E-state index in [1.807, 2.05) is 32.0 Å². The van der Waals surface area contributed by atoms with Crippen molar-refractivity contribution in [3.05, 3.63) is 58.6 Å². The van der Waals surface area contributed by atoms with Gasteiger partial charge in [-0.05, 0) is 55.7 Å². The van der Waals surface area contributed by atoms with Crippen molar-refractivity contribution in [1.29, 1.82) is 0 Å². The van der Waals surface area contributed by atoms with Crippen LogP contribution >= 0.6 is 22.9 Å². The van der Waals surface area contributed by atoms with Crippen molar-refractivity contribution in [3.8, 4) is 10.6 Å². The second-order valence-corrected chi connectivity index (χ2v) is 10.4. The van der Waals surface area contributed by atoms with Gasteiger partial charge in [-0.25, -0.2) is 8.42 Å². The first kappa shape index (κ1) is 23.2. The number of carbonyl (C=O) groups excluding carboxylic acids is 1.